The van der Waals surface area contributed by atoms with Gasteiger partial charge in [-0.1, -0.05) is 48.9 Å². The van der Waals surface area contributed by atoms with Crippen LogP contribution < -0.4 is 0 Å². The van der Waals surface area contributed by atoms with Crippen LogP contribution in [-0.4, -0.2) is 29.1 Å². The number of aromatic hydroxyl groups is 1. The summed E-state index contributed by atoms with van der Waals surface area (Å²) in [6.07, 6.45) is 7.59. The largest absolute Gasteiger partial charge is 0.508 e. The summed E-state index contributed by atoms with van der Waals surface area (Å²) >= 11 is 0. The fraction of sp³-hybridized carbons (Fsp3) is 0.440. The normalized spacial score (nSPS) is 29.2. The summed E-state index contributed by atoms with van der Waals surface area (Å²) in [5.41, 5.74) is 4.31. The van der Waals surface area contributed by atoms with Gasteiger partial charge in [-0.3, -0.25) is 4.90 Å². The first-order valence-electron chi connectivity index (χ1n) is 10.4. The second-order valence-electron chi connectivity index (χ2n) is 8.51. The van der Waals surface area contributed by atoms with Crippen molar-refractivity contribution in [2.24, 2.45) is 5.92 Å². The maximum absolute atomic E-state index is 10.1. The van der Waals surface area contributed by atoms with Crippen molar-refractivity contribution in [3.63, 3.8) is 0 Å². The molecule has 0 amide bonds. The molecule has 2 aromatic rings. The first kappa shape index (κ1) is 16.9. The van der Waals surface area contributed by atoms with Gasteiger partial charge in [0.2, 0.25) is 0 Å². The lowest BCUT2D eigenvalue weighted by Crippen LogP contribution is -2.60. The number of nitrogens with zero attached hydrogens (tertiary/aromatic N) is 1. The van der Waals surface area contributed by atoms with Gasteiger partial charge < -0.3 is 5.11 Å². The van der Waals surface area contributed by atoms with Gasteiger partial charge in [0.1, 0.15) is 5.75 Å². The summed E-state index contributed by atoms with van der Waals surface area (Å²) in [5, 5.41) is 10.1. The predicted octanol–water partition coefficient (Wildman–Crippen LogP) is 4.50. The number of likely N-dealkylation sites (tertiary alicyclic amines) is 1. The van der Waals surface area contributed by atoms with E-state index in [1.54, 1.807) is 0 Å². The summed E-state index contributed by atoms with van der Waals surface area (Å²) in [4.78, 5) is 2.64. The van der Waals surface area contributed by atoms with Gasteiger partial charge in [-0.15, -0.1) is 0 Å². The van der Waals surface area contributed by atoms with E-state index in [2.05, 4.69) is 53.1 Å². The third-order valence-corrected chi connectivity index (χ3v) is 7.22. The highest BCUT2D eigenvalue weighted by atomic mass is 16.3. The Kier molecular flexibility index (Phi) is 4.21. The Balaban J connectivity index is 1.45. The Labute approximate surface area is 162 Å². The summed E-state index contributed by atoms with van der Waals surface area (Å²) in [6, 6.07) is 17.0. The molecule has 1 aliphatic heterocycles. The van der Waals surface area contributed by atoms with Gasteiger partial charge in [0, 0.05) is 23.6 Å². The molecule has 0 aromatic heterocycles. The van der Waals surface area contributed by atoms with Crippen LogP contribution in [-0.2, 0) is 11.8 Å². The number of hydrogen-bond acceptors (Lipinski definition) is 2. The van der Waals surface area contributed by atoms with E-state index in [0.29, 0.717) is 23.1 Å². The SMILES string of the molecule is Oc1ccc2c(c1)[C@]13CCCC[C@H]1[C@H](C2)N(CC#Cc1ccccc1)CC3. The Hall–Kier alpha value is -2.24. The van der Waals surface area contributed by atoms with Gasteiger partial charge in [0.25, 0.3) is 0 Å². The first-order chi connectivity index (χ1) is 13.3. The van der Waals surface area contributed by atoms with Gasteiger partial charge in [-0.05, 0) is 67.0 Å². The van der Waals surface area contributed by atoms with Crippen LogP contribution in [0.15, 0.2) is 48.5 Å². The third-order valence-electron chi connectivity index (χ3n) is 7.22. The van der Waals surface area contributed by atoms with Crippen molar-refractivity contribution in [3.8, 4) is 17.6 Å². The van der Waals surface area contributed by atoms with Crippen LogP contribution in [0.5, 0.6) is 5.75 Å². The van der Waals surface area contributed by atoms with Gasteiger partial charge in [-0.2, -0.15) is 0 Å². The minimum Gasteiger partial charge on any atom is -0.508 e. The molecule has 0 radical (unpaired) electrons. The van der Waals surface area contributed by atoms with Crippen molar-refractivity contribution < 1.29 is 5.11 Å². The molecule has 2 nitrogen and oxygen atoms in total. The second-order valence-corrected chi connectivity index (χ2v) is 8.51. The van der Waals surface area contributed by atoms with E-state index in [0.717, 1.165) is 25.1 Å². The topological polar surface area (TPSA) is 23.5 Å². The predicted molar refractivity (Wildman–Crippen MR) is 109 cm³/mol. The molecule has 3 atom stereocenters. The molecule has 2 aromatic carbocycles. The van der Waals surface area contributed by atoms with Gasteiger partial charge >= 0.3 is 0 Å². The molecule has 3 aliphatic rings. The van der Waals surface area contributed by atoms with Crippen LogP contribution in [0, 0.1) is 17.8 Å². The summed E-state index contributed by atoms with van der Waals surface area (Å²) in [7, 11) is 0. The Morgan fingerprint density at radius 2 is 1.96 bits per heavy atom. The molecule has 1 N–H and O–H groups in total. The summed E-state index contributed by atoms with van der Waals surface area (Å²) in [5.74, 6) is 7.92. The highest BCUT2D eigenvalue weighted by Gasteiger charge is 2.53. The first-order valence-corrected chi connectivity index (χ1v) is 10.4. The standard InChI is InChI=1S/C25H27NO/c27-21-12-11-20-17-24-22-10-4-5-13-25(22,23(20)18-21)14-16-26(24)15-6-9-19-7-2-1-3-8-19/h1-3,7-8,11-12,18,22,24,27H,4-5,10,13-17H2/t22-,24-,25-/m0/s1. The Morgan fingerprint density at radius 1 is 1.07 bits per heavy atom. The number of phenolic OH excluding ortho intramolecular Hbond substituents is 1. The molecule has 2 bridgehead atoms. The van der Waals surface area contributed by atoms with E-state index >= 15 is 0 Å². The zero-order valence-electron chi connectivity index (χ0n) is 15.8. The van der Waals surface area contributed by atoms with Crippen molar-refractivity contribution >= 4 is 0 Å². The molecular weight excluding hydrogens is 330 g/mol. The zero-order chi connectivity index (χ0) is 18.3. The van der Waals surface area contributed by atoms with E-state index in [-0.39, 0.29) is 0 Å². The van der Waals surface area contributed by atoms with E-state index in [1.807, 2.05) is 12.1 Å². The van der Waals surface area contributed by atoms with Crippen molar-refractivity contribution in [2.45, 2.75) is 50.0 Å². The molecule has 0 spiro atoms. The number of piperidine rings is 1. The minimum absolute atomic E-state index is 0.290. The highest BCUT2D eigenvalue weighted by Crippen LogP contribution is 2.56. The Morgan fingerprint density at radius 3 is 2.85 bits per heavy atom. The van der Waals surface area contributed by atoms with E-state index in [1.165, 1.54) is 43.2 Å². The van der Waals surface area contributed by atoms with E-state index in [4.69, 9.17) is 0 Å². The van der Waals surface area contributed by atoms with Gasteiger partial charge in [0.15, 0.2) is 0 Å². The maximum Gasteiger partial charge on any atom is 0.115 e. The highest BCUT2D eigenvalue weighted by molar-refractivity contribution is 5.45. The molecule has 1 heterocycles. The molecular formula is C25H27NO. The van der Waals surface area contributed by atoms with Crippen molar-refractivity contribution in [1.82, 2.24) is 4.90 Å². The van der Waals surface area contributed by atoms with Crippen LogP contribution in [0.1, 0.15) is 48.8 Å². The van der Waals surface area contributed by atoms with Crippen LogP contribution in [0.3, 0.4) is 0 Å². The molecule has 2 aliphatic carbocycles. The number of fused-ring (bicyclic) bond motifs is 1. The number of benzene rings is 2. The lowest BCUT2D eigenvalue weighted by Gasteiger charge is -2.58. The molecule has 5 rings (SSSR count). The molecule has 0 unspecified atom stereocenters. The molecule has 2 fully saturated rings. The average Bonchev–Trinajstić information content (AvgIpc) is 2.71. The van der Waals surface area contributed by atoms with Crippen molar-refractivity contribution in [1.29, 1.82) is 0 Å². The lowest BCUT2D eigenvalue weighted by molar-refractivity contribution is -0.00417. The smallest absolute Gasteiger partial charge is 0.115 e. The van der Waals surface area contributed by atoms with Crippen LogP contribution >= 0.6 is 0 Å². The van der Waals surface area contributed by atoms with Crippen LogP contribution in [0.25, 0.3) is 0 Å². The van der Waals surface area contributed by atoms with Gasteiger partial charge in [-0.25, -0.2) is 0 Å². The average molecular weight is 357 g/mol. The fourth-order valence-corrected chi connectivity index (χ4v) is 6.03. The fourth-order valence-electron chi connectivity index (χ4n) is 6.03. The minimum atomic E-state index is 0.290. The molecule has 1 saturated heterocycles. The quantitative estimate of drug-likeness (QED) is 0.760. The maximum atomic E-state index is 10.1. The lowest BCUT2D eigenvalue weighted by atomic mass is 9.52. The summed E-state index contributed by atoms with van der Waals surface area (Å²) in [6.45, 7) is 1.99. The molecule has 138 valence electrons. The molecule has 1 saturated carbocycles. The van der Waals surface area contributed by atoms with Crippen LogP contribution in [0.4, 0.5) is 0 Å². The third kappa shape index (κ3) is 2.86. The van der Waals surface area contributed by atoms with Crippen molar-refractivity contribution in [2.75, 3.05) is 13.1 Å². The number of phenols is 1. The zero-order valence-corrected chi connectivity index (χ0v) is 15.8. The molecule has 2 heteroatoms. The molecule has 27 heavy (non-hydrogen) atoms. The van der Waals surface area contributed by atoms with Crippen molar-refractivity contribution in [3.05, 3.63) is 65.2 Å². The number of hydrogen-bond donors (Lipinski definition) is 1. The van der Waals surface area contributed by atoms with E-state index in [9.17, 15) is 5.11 Å². The second kappa shape index (κ2) is 6.73. The van der Waals surface area contributed by atoms with Crippen LogP contribution in [0.2, 0.25) is 0 Å². The monoisotopic (exact) mass is 357 g/mol. The van der Waals surface area contributed by atoms with Gasteiger partial charge in [0.05, 0.1) is 6.54 Å². The summed E-state index contributed by atoms with van der Waals surface area (Å²) < 4.78 is 0. The van der Waals surface area contributed by atoms with E-state index < -0.39 is 0 Å². The Bertz CT molecular complexity index is 894. The number of rotatable bonds is 1.